The lowest BCUT2D eigenvalue weighted by Gasteiger charge is -2.21. The fourth-order valence-corrected chi connectivity index (χ4v) is 2.86. The first-order valence-electron chi connectivity index (χ1n) is 6.51. The summed E-state index contributed by atoms with van der Waals surface area (Å²) in [4.78, 5) is 22.4. The zero-order chi connectivity index (χ0) is 15.5. The number of rotatable bonds is 10. The number of carbonyl (C=O) groups is 2. The van der Waals surface area contributed by atoms with Gasteiger partial charge in [-0.15, -0.1) is 0 Å². The van der Waals surface area contributed by atoms with Crippen molar-refractivity contribution in [3.05, 3.63) is 24.8 Å². The van der Waals surface area contributed by atoms with Crippen LogP contribution in [-0.4, -0.2) is 40.3 Å². The Morgan fingerprint density at radius 3 is 2.40 bits per heavy atom. The molecule has 0 aliphatic heterocycles. The zero-order valence-corrected chi connectivity index (χ0v) is 13.4. The van der Waals surface area contributed by atoms with Crippen molar-refractivity contribution in [1.82, 2.24) is 0 Å². The average Bonchev–Trinajstić information content (AvgIpc) is 2.40. The van der Waals surface area contributed by atoms with Crippen LogP contribution < -0.4 is 0 Å². The van der Waals surface area contributed by atoms with Crippen molar-refractivity contribution in [1.29, 1.82) is 0 Å². The molecule has 113 valence electrons. The number of esters is 2. The Bertz CT molecular complexity index is 353. The molecule has 6 heteroatoms. The molecule has 0 bridgehead atoms. The van der Waals surface area contributed by atoms with Gasteiger partial charge in [-0.1, -0.05) is 26.5 Å². The van der Waals surface area contributed by atoms with Crippen LogP contribution in [0.3, 0.4) is 0 Å². The molecule has 1 unspecified atom stereocenters. The SMILES string of the molecule is C=CC(=O)OCC(COC(=O)C(=C)C)O[Si](C)CCC. The van der Waals surface area contributed by atoms with Gasteiger partial charge in [0.05, 0.1) is 0 Å². The summed E-state index contributed by atoms with van der Waals surface area (Å²) in [6.07, 6.45) is 1.66. The van der Waals surface area contributed by atoms with Crippen LogP contribution in [0.4, 0.5) is 0 Å². The van der Waals surface area contributed by atoms with Crippen molar-refractivity contribution in [2.75, 3.05) is 13.2 Å². The summed E-state index contributed by atoms with van der Waals surface area (Å²) in [7, 11) is -0.991. The largest absolute Gasteiger partial charge is 0.460 e. The molecular formula is C14H23O5Si. The molecule has 5 nitrogen and oxygen atoms in total. The molecule has 0 aromatic heterocycles. The molecule has 0 saturated heterocycles. The van der Waals surface area contributed by atoms with Crippen LogP contribution in [0.15, 0.2) is 24.8 Å². The molecule has 1 atom stereocenters. The van der Waals surface area contributed by atoms with E-state index < -0.39 is 27.1 Å². The van der Waals surface area contributed by atoms with Crippen LogP contribution in [0.2, 0.25) is 12.6 Å². The highest BCUT2D eigenvalue weighted by Crippen LogP contribution is 2.06. The Kier molecular flexibility index (Phi) is 9.66. The summed E-state index contributed by atoms with van der Waals surface area (Å²) in [6.45, 7) is 12.6. The molecular weight excluding hydrogens is 276 g/mol. The van der Waals surface area contributed by atoms with Gasteiger partial charge in [0.15, 0.2) is 0 Å². The van der Waals surface area contributed by atoms with Crippen LogP contribution >= 0.6 is 0 Å². The summed E-state index contributed by atoms with van der Waals surface area (Å²) in [5.74, 6) is -1.00. The molecule has 0 aromatic carbocycles. The maximum absolute atomic E-state index is 11.4. The maximum Gasteiger partial charge on any atom is 0.333 e. The standard InChI is InChI=1S/C14H23O5Si/c1-6-8-20(5)19-12(9-17-13(15)7-2)10-18-14(16)11(3)4/h7,12H,2-3,6,8-10H2,1,4-5H3. The molecule has 0 saturated carbocycles. The van der Waals surface area contributed by atoms with E-state index >= 15 is 0 Å². The maximum atomic E-state index is 11.4. The van der Waals surface area contributed by atoms with Crippen molar-refractivity contribution >= 4 is 21.0 Å². The van der Waals surface area contributed by atoms with Crippen molar-refractivity contribution in [2.24, 2.45) is 0 Å². The fraction of sp³-hybridized carbons (Fsp3) is 0.571. The third-order valence-electron chi connectivity index (χ3n) is 2.30. The molecule has 0 fully saturated rings. The Morgan fingerprint density at radius 1 is 1.30 bits per heavy atom. The van der Waals surface area contributed by atoms with Gasteiger partial charge in [0, 0.05) is 11.6 Å². The lowest BCUT2D eigenvalue weighted by atomic mass is 10.3. The first-order chi connectivity index (χ1) is 9.40. The molecule has 0 rings (SSSR count). The zero-order valence-electron chi connectivity index (χ0n) is 12.4. The second kappa shape index (κ2) is 10.4. The van der Waals surface area contributed by atoms with Gasteiger partial charge < -0.3 is 13.9 Å². The smallest absolute Gasteiger partial charge is 0.333 e. The Morgan fingerprint density at radius 2 is 1.90 bits per heavy atom. The lowest BCUT2D eigenvalue weighted by Crippen LogP contribution is -2.33. The first kappa shape index (κ1) is 18.6. The van der Waals surface area contributed by atoms with Crippen molar-refractivity contribution in [3.8, 4) is 0 Å². The predicted molar refractivity (Wildman–Crippen MR) is 78.5 cm³/mol. The van der Waals surface area contributed by atoms with Gasteiger partial charge in [-0.2, -0.15) is 0 Å². The molecule has 0 spiro atoms. The first-order valence-corrected chi connectivity index (χ1v) is 8.63. The number of ether oxygens (including phenoxy) is 2. The number of hydrogen-bond donors (Lipinski definition) is 0. The fourth-order valence-electron chi connectivity index (χ4n) is 1.34. The highest BCUT2D eigenvalue weighted by molar-refractivity contribution is 6.50. The minimum Gasteiger partial charge on any atom is -0.460 e. The van der Waals surface area contributed by atoms with Crippen molar-refractivity contribution in [3.63, 3.8) is 0 Å². The van der Waals surface area contributed by atoms with Crippen LogP contribution in [0, 0.1) is 0 Å². The van der Waals surface area contributed by atoms with Gasteiger partial charge in [-0.25, -0.2) is 9.59 Å². The van der Waals surface area contributed by atoms with Gasteiger partial charge in [-0.3, -0.25) is 0 Å². The Balaban J connectivity index is 4.37. The normalized spacial score (nSPS) is 11.8. The molecule has 0 aliphatic carbocycles. The number of carbonyl (C=O) groups excluding carboxylic acids is 2. The van der Waals surface area contributed by atoms with Gasteiger partial charge >= 0.3 is 11.9 Å². The highest BCUT2D eigenvalue weighted by Gasteiger charge is 2.18. The lowest BCUT2D eigenvalue weighted by molar-refractivity contribution is -0.146. The van der Waals surface area contributed by atoms with Crippen molar-refractivity contribution in [2.45, 2.75) is 39.0 Å². The van der Waals surface area contributed by atoms with Gasteiger partial charge in [0.2, 0.25) is 9.04 Å². The molecule has 1 radical (unpaired) electrons. The topological polar surface area (TPSA) is 61.8 Å². The van der Waals surface area contributed by atoms with E-state index in [1.165, 1.54) is 0 Å². The second-order valence-electron chi connectivity index (χ2n) is 4.40. The summed E-state index contributed by atoms with van der Waals surface area (Å²) in [5, 5.41) is 0. The van der Waals surface area contributed by atoms with E-state index in [9.17, 15) is 9.59 Å². The van der Waals surface area contributed by atoms with E-state index in [-0.39, 0.29) is 13.2 Å². The van der Waals surface area contributed by atoms with Gasteiger partial charge in [0.25, 0.3) is 0 Å². The van der Waals surface area contributed by atoms with Crippen LogP contribution in [0.1, 0.15) is 20.3 Å². The minimum atomic E-state index is -0.991. The monoisotopic (exact) mass is 299 g/mol. The molecule has 20 heavy (non-hydrogen) atoms. The Labute approximate surface area is 122 Å². The van der Waals surface area contributed by atoms with E-state index in [1.54, 1.807) is 6.92 Å². The minimum absolute atomic E-state index is 0.0417. The molecule has 0 amide bonds. The summed E-state index contributed by atoms with van der Waals surface area (Å²) < 4.78 is 15.8. The predicted octanol–water partition coefficient (Wildman–Crippen LogP) is 2.25. The second-order valence-corrected chi connectivity index (χ2v) is 6.54. The molecule has 0 heterocycles. The van der Waals surface area contributed by atoms with Gasteiger partial charge in [0.1, 0.15) is 19.3 Å². The average molecular weight is 299 g/mol. The summed E-state index contributed by atoms with van der Waals surface area (Å²) >= 11 is 0. The van der Waals surface area contributed by atoms with Crippen molar-refractivity contribution < 1.29 is 23.5 Å². The quantitative estimate of drug-likeness (QED) is 0.352. The summed E-state index contributed by atoms with van der Waals surface area (Å²) in [5.41, 5.74) is 0.322. The third kappa shape index (κ3) is 8.66. The molecule has 0 aromatic rings. The summed E-state index contributed by atoms with van der Waals surface area (Å²) in [6, 6.07) is 0.977. The highest BCUT2D eigenvalue weighted by atomic mass is 28.3. The van der Waals surface area contributed by atoms with E-state index in [0.29, 0.717) is 5.57 Å². The molecule has 0 N–H and O–H groups in total. The van der Waals surface area contributed by atoms with Crippen LogP contribution in [-0.2, 0) is 23.5 Å². The third-order valence-corrected chi connectivity index (χ3v) is 4.24. The molecule has 0 aliphatic rings. The Hall–Kier alpha value is -1.40. The number of hydrogen-bond acceptors (Lipinski definition) is 5. The van der Waals surface area contributed by atoms with E-state index in [1.807, 2.05) is 6.55 Å². The van der Waals surface area contributed by atoms with E-state index in [4.69, 9.17) is 13.9 Å². The van der Waals surface area contributed by atoms with E-state index in [2.05, 4.69) is 20.1 Å². The van der Waals surface area contributed by atoms with Crippen LogP contribution in [0.5, 0.6) is 0 Å². The van der Waals surface area contributed by atoms with E-state index in [0.717, 1.165) is 18.5 Å². The van der Waals surface area contributed by atoms with Crippen LogP contribution in [0.25, 0.3) is 0 Å². The van der Waals surface area contributed by atoms with Gasteiger partial charge in [-0.05, 0) is 19.5 Å².